The smallest absolute Gasteiger partial charge is 0.322 e. The molecule has 0 spiro atoms. The van der Waals surface area contributed by atoms with Gasteiger partial charge in [0.1, 0.15) is 30.1 Å². The molecule has 0 bridgehead atoms. The number of aliphatic hydroxyl groups is 2. The van der Waals surface area contributed by atoms with E-state index in [4.69, 9.17) is 16.2 Å². The molecule has 12 heteroatoms. The summed E-state index contributed by atoms with van der Waals surface area (Å²) in [5.74, 6) is -0.241. The fourth-order valence-corrected chi connectivity index (χ4v) is 3.79. The lowest BCUT2D eigenvalue weighted by atomic mass is 9.97. The predicted octanol–water partition coefficient (Wildman–Crippen LogP) is -0.933. The Hall–Kier alpha value is -2.38. The molecule has 0 amide bonds. The first-order valence-electron chi connectivity index (χ1n) is 10.4. The summed E-state index contributed by atoms with van der Waals surface area (Å²) in [4.78, 5) is 23.9. The maximum Gasteiger partial charge on any atom is 0.322 e. The van der Waals surface area contributed by atoms with E-state index in [1.807, 2.05) is 6.92 Å². The van der Waals surface area contributed by atoms with Crippen LogP contribution in [-0.2, 0) is 14.3 Å². The molecule has 3 rings (SSSR count). The minimum absolute atomic E-state index is 0.0706. The lowest BCUT2D eigenvalue weighted by Crippen LogP contribution is -2.40. The number of aliphatic hydroxyl groups excluding tert-OH is 2. The molecule has 172 valence electrons. The zero-order chi connectivity index (χ0) is 22.5. The SMILES string of the molecule is CCCN[C@@H](CC[C@H](N)C(=O)OC)C[C@H]1O[C@@H](n2cnc3c(N)ncnc32)[C@H](O)[C@@H]1O. The molecule has 1 aliphatic rings. The summed E-state index contributed by atoms with van der Waals surface area (Å²) in [6.07, 6.45) is 1.31. The first-order chi connectivity index (χ1) is 14.9. The van der Waals surface area contributed by atoms with Crippen molar-refractivity contribution in [2.75, 3.05) is 19.4 Å². The number of imidazole rings is 1. The van der Waals surface area contributed by atoms with Gasteiger partial charge in [-0.2, -0.15) is 0 Å². The maximum absolute atomic E-state index is 11.6. The number of methoxy groups -OCH3 is 1. The molecule has 3 heterocycles. The van der Waals surface area contributed by atoms with Gasteiger partial charge in [0.05, 0.1) is 19.5 Å². The molecule has 6 atom stereocenters. The van der Waals surface area contributed by atoms with E-state index in [0.29, 0.717) is 30.4 Å². The molecule has 1 fully saturated rings. The standard InChI is InChI=1S/C19H31N7O5/c1-3-6-22-10(4-5-11(20)19(29)30-2)7-12-14(27)15(28)18(31-12)26-9-25-13-16(21)23-8-24-17(13)26/h8-12,14-15,18,22,27-28H,3-7,20H2,1-2H3,(H2,21,23,24)/t10-,11-,12+,14+,15+,18+/m0/s1. The molecule has 7 N–H and O–H groups in total. The van der Waals surface area contributed by atoms with E-state index in [1.54, 1.807) is 4.57 Å². The van der Waals surface area contributed by atoms with Crippen LogP contribution in [0.5, 0.6) is 0 Å². The van der Waals surface area contributed by atoms with Crippen LogP contribution in [0.4, 0.5) is 5.82 Å². The fraction of sp³-hybridized carbons (Fsp3) is 0.684. The van der Waals surface area contributed by atoms with Gasteiger partial charge in [-0.1, -0.05) is 6.92 Å². The van der Waals surface area contributed by atoms with Gasteiger partial charge in [-0.25, -0.2) is 15.0 Å². The number of rotatable bonds is 10. The summed E-state index contributed by atoms with van der Waals surface area (Å²) in [6.45, 7) is 2.80. The van der Waals surface area contributed by atoms with Crippen LogP contribution in [0, 0.1) is 0 Å². The number of nitrogens with zero attached hydrogens (tertiary/aromatic N) is 4. The molecule has 12 nitrogen and oxygen atoms in total. The third-order valence-electron chi connectivity index (χ3n) is 5.53. The minimum atomic E-state index is -1.18. The Labute approximate surface area is 180 Å². The Bertz CT molecular complexity index is 878. The molecule has 0 unspecified atom stereocenters. The molecule has 2 aromatic rings. The highest BCUT2D eigenvalue weighted by Crippen LogP contribution is 2.34. The van der Waals surface area contributed by atoms with Crippen molar-refractivity contribution in [3.8, 4) is 0 Å². The molecule has 0 aliphatic carbocycles. The first kappa shape index (κ1) is 23.3. The van der Waals surface area contributed by atoms with Crippen LogP contribution < -0.4 is 16.8 Å². The Kier molecular flexibility index (Phi) is 7.73. The van der Waals surface area contributed by atoms with E-state index in [1.165, 1.54) is 19.8 Å². The van der Waals surface area contributed by atoms with Crippen LogP contribution >= 0.6 is 0 Å². The average molecular weight is 438 g/mol. The molecule has 1 saturated heterocycles. The molecule has 0 radical (unpaired) electrons. The van der Waals surface area contributed by atoms with Gasteiger partial charge in [0, 0.05) is 6.04 Å². The summed E-state index contributed by atoms with van der Waals surface area (Å²) < 4.78 is 12.2. The fourth-order valence-electron chi connectivity index (χ4n) is 3.79. The van der Waals surface area contributed by atoms with Crippen LogP contribution in [0.1, 0.15) is 38.8 Å². The summed E-state index contributed by atoms with van der Waals surface area (Å²) >= 11 is 0. The van der Waals surface area contributed by atoms with Crippen molar-refractivity contribution in [2.45, 2.75) is 69.2 Å². The van der Waals surface area contributed by atoms with Crippen LogP contribution in [-0.4, -0.2) is 79.8 Å². The number of carbonyl (C=O) groups excluding carboxylic acids is 1. The molecule has 0 aromatic carbocycles. The first-order valence-corrected chi connectivity index (χ1v) is 10.4. The highest BCUT2D eigenvalue weighted by molar-refractivity contribution is 5.81. The molecule has 2 aromatic heterocycles. The largest absolute Gasteiger partial charge is 0.468 e. The average Bonchev–Trinajstić information content (AvgIpc) is 3.32. The van der Waals surface area contributed by atoms with E-state index >= 15 is 0 Å². The third kappa shape index (κ3) is 5.10. The Morgan fingerprint density at radius 3 is 2.81 bits per heavy atom. The van der Waals surface area contributed by atoms with Gasteiger partial charge in [-0.15, -0.1) is 0 Å². The molecule has 0 saturated carbocycles. The Morgan fingerprint density at radius 1 is 1.32 bits per heavy atom. The lowest BCUT2D eigenvalue weighted by molar-refractivity contribution is -0.142. The van der Waals surface area contributed by atoms with Crippen molar-refractivity contribution >= 4 is 23.0 Å². The Balaban J connectivity index is 1.70. The van der Waals surface area contributed by atoms with Crippen molar-refractivity contribution in [3.05, 3.63) is 12.7 Å². The van der Waals surface area contributed by atoms with E-state index in [0.717, 1.165) is 13.0 Å². The summed E-state index contributed by atoms with van der Waals surface area (Å²) in [6, 6.07) is -0.787. The van der Waals surface area contributed by atoms with Gasteiger partial charge in [0.25, 0.3) is 0 Å². The highest BCUT2D eigenvalue weighted by Gasteiger charge is 2.45. The number of hydrogen-bond donors (Lipinski definition) is 5. The van der Waals surface area contributed by atoms with E-state index in [-0.39, 0.29) is 11.9 Å². The summed E-state index contributed by atoms with van der Waals surface area (Å²) in [5.41, 5.74) is 12.5. The monoisotopic (exact) mass is 437 g/mol. The summed E-state index contributed by atoms with van der Waals surface area (Å²) in [7, 11) is 1.30. The zero-order valence-electron chi connectivity index (χ0n) is 17.7. The highest BCUT2D eigenvalue weighted by atomic mass is 16.6. The number of esters is 1. The van der Waals surface area contributed by atoms with E-state index < -0.39 is 36.6 Å². The predicted molar refractivity (Wildman–Crippen MR) is 112 cm³/mol. The second-order valence-electron chi connectivity index (χ2n) is 7.72. The van der Waals surface area contributed by atoms with Crippen molar-refractivity contribution in [1.82, 2.24) is 24.8 Å². The van der Waals surface area contributed by atoms with Crippen molar-refractivity contribution in [3.63, 3.8) is 0 Å². The normalized spacial score (nSPS) is 25.6. The molecule has 31 heavy (non-hydrogen) atoms. The van der Waals surface area contributed by atoms with Crippen molar-refractivity contribution in [2.24, 2.45) is 5.73 Å². The number of hydrogen-bond acceptors (Lipinski definition) is 11. The number of nitrogens with two attached hydrogens (primary N) is 2. The molecule has 1 aliphatic heterocycles. The van der Waals surface area contributed by atoms with Crippen molar-refractivity contribution in [1.29, 1.82) is 0 Å². The second kappa shape index (κ2) is 10.3. The second-order valence-corrected chi connectivity index (χ2v) is 7.72. The molecular formula is C19H31N7O5. The van der Waals surface area contributed by atoms with Crippen LogP contribution in [0.25, 0.3) is 11.2 Å². The minimum Gasteiger partial charge on any atom is -0.468 e. The van der Waals surface area contributed by atoms with Gasteiger partial charge in [0.2, 0.25) is 0 Å². The third-order valence-corrected chi connectivity index (χ3v) is 5.53. The lowest BCUT2D eigenvalue weighted by Gasteiger charge is -2.24. The number of ether oxygens (including phenoxy) is 2. The van der Waals surface area contributed by atoms with Crippen molar-refractivity contribution < 1.29 is 24.5 Å². The number of carbonyl (C=O) groups is 1. The number of nitrogens with one attached hydrogen (secondary N) is 1. The summed E-state index contributed by atoms with van der Waals surface area (Å²) in [5, 5.41) is 24.7. The van der Waals surface area contributed by atoms with E-state index in [2.05, 4.69) is 25.0 Å². The van der Waals surface area contributed by atoms with Gasteiger partial charge >= 0.3 is 5.97 Å². The quantitative estimate of drug-likeness (QED) is 0.289. The zero-order valence-corrected chi connectivity index (χ0v) is 17.7. The Morgan fingerprint density at radius 2 is 2.10 bits per heavy atom. The van der Waals surface area contributed by atoms with E-state index in [9.17, 15) is 15.0 Å². The number of aromatic nitrogens is 4. The van der Waals surface area contributed by atoms with Crippen LogP contribution in [0.15, 0.2) is 12.7 Å². The molecular weight excluding hydrogens is 406 g/mol. The number of nitrogen functional groups attached to an aromatic ring is 1. The number of fused-ring (bicyclic) bond motifs is 1. The van der Waals surface area contributed by atoms with Gasteiger partial charge in [0.15, 0.2) is 17.7 Å². The maximum atomic E-state index is 11.6. The number of anilines is 1. The van der Waals surface area contributed by atoms with Gasteiger partial charge in [-0.05, 0) is 32.2 Å². The van der Waals surface area contributed by atoms with Crippen LogP contribution in [0.3, 0.4) is 0 Å². The van der Waals surface area contributed by atoms with Crippen LogP contribution in [0.2, 0.25) is 0 Å². The van der Waals surface area contributed by atoms with Gasteiger partial charge in [-0.3, -0.25) is 9.36 Å². The van der Waals surface area contributed by atoms with Gasteiger partial charge < -0.3 is 36.5 Å². The topological polar surface area (TPSA) is 184 Å².